The summed E-state index contributed by atoms with van der Waals surface area (Å²) >= 11 is 0. The van der Waals surface area contributed by atoms with E-state index in [1.54, 1.807) is 27.7 Å². The Labute approximate surface area is 105 Å². The topological polar surface area (TPSA) is 77.9 Å². The first-order valence-electron chi connectivity index (χ1n) is 5.92. The third-order valence-electron chi connectivity index (χ3n) is 2.75. The van der Waals surface area contributed by atoms with Crippen LogP contribution in [-0.4, -0.2) is 14.1 Å². The zero-order valence-corrected chi connectivity index (χ0v) is 10.3. The van der Waals surface area contributed by atoms with Gasteiger partial charge >= 0.3 is 5.69 Å². The summed E-state index contributed by atoms with van der Waals surface area (Å²) in [7, 11) is 0. The fraction of sp³-hybridized carbons (Fsp3) is 0.333. The van der Waals surface area contributed by atoms with Gasteiger partial charge < -0.3 is 5.43 Å². The second kappa shape index (κ2) is 5.50. The van der Waals surface area contributed by atoms with Gasteiger partial charge in [-0.1, -0.05) is 13.0 Å². The van der Waals surface area contributed by atoms with Crippen molar-refractivity contribution in [2.24, 2.45) is 5.84 Å². The third-order valence-corrected chi connectivity index (χ3v) is 2.75. The third kappa shape index (κ3) is 2.43. The van der Waals surface area contributed by atoms with Gasteiger partial charge in [-0.2, -0.15) is 0 Å². The predicted molar refractivity (Wildman–Crippen MR) is 70.1 cm³/mol. The van der Waals surface area contributed by atoms with Crippen molar-refractivity contribution in [3.63, 3.8) is 0 Å². The summed E-state index contributed by atoms with van der Waals surface area (Å²) in [6.45, 7) is 3.24. The Morgan fingerprint density at radius 3 is 2.89 bits per heavy atom. The molecular weight excluding hydrogens is 230 g/mol. The smallest absolute Gasteiger partial charge is 0.308 e. The van der Waals surface area contributed by atoms with Gasteiger partial charge in [-0.15, -0.1) is 0 Å². The molecule has 0 radical (unpaired) electrons. The maximum absolute atomic E-state index is 12.0. The van der Waals surface area contributed by atoms with Crippen LogP contribution in [0.15, 0.2) is 35.5 Å². The number of nitrogens with one attached hydrogen (secondary N) is 1. The van der Waals surface area contributed by atoms with Gasteiger partial charge in [0.2, 0.25) is 0 Å². The number of rotatable bonds is 5. The second-order valence-corrected chi connectivity index (χ2v) is 4.06. The van der Waals surface area contributed by atoms with E-state index in [4.69, 9.17) is 5.84 Å². The average molecular weight is 247 g/mol. The van der Waals surface area contributed by atoms with Crippen LogP contribution in [0.5, 0.6) is 0 Å². The van der Waals surface area contributed by atoms with Crippen LogP contribution in [0.2, 0.25) is 0 Å². The molecule has 2 heterocycles. The fourth-order valence-electron chi connectivity index (χ4n) is 1.86. The predicted octanol–water partition coefficient (Wildman–Crippen LogP) is 0.789. The van der Waals surface area contributed by atoms with Gasteiger partial charge in [0, 0.05) is 30.7 Å². The van der Waals surface area contributed by atoms with E-state index in [0.717, 1.165) is 18.5 Å². The molecule has 3 N–H and O–H groups in total. The van der Waals surface area contributed by atoms with E-state index >= 15 is 0 Å². The molecular formula is C12H17N5O. The Bertz CT molecular complexity index is 572. The molecule has 0 unspecified atom stereocenters. The molecule has 0 saturated heterocycles. The van der Waals surface area contributed by atoms with E-state index in [2.05, 4.69) is 10.4 Å². The zero-order valence-electron chi connectivity index (χ0n) is 10.3. The number of hydrogen-bond donors (Lipinski definition) is 2. The van der Waals surface area contributed by atoms with Crippen molar-refractivity contribution >= 4 is 5.82 Å². The molecule has 0 amide bonds. The van der Waals surface area contributed by atoms with Gasteiger partial charge in [0.05, 0.1) is 6.54 Å². The minimum absolute atomic E-state index is 0.0105. The lowest BCUT2D eigenvalue weighted by Gasteiger charge is -2.07. The van der Waals surface area contributed by atoms with Crippen LogP contribution in [0.1, 0.15) is 18.9 Å². The Balaban J connectivity index is 2.26. The maximum atomic E-state index is 12.0. The molecule has 2 rings (SSSR count). The highest BCUT2D eigenvalue weighted by molar-refractivity contribution is 5.42. The lowest BCUT2D eigenvalue weighted by Crippen LogP contribution is -2.25. The van der Waals surface area contributed by atoms with Crippen LogP contribution in [-0.2, 0) is 13.1 Å². The van der Waals surface area contributed by atoms with E-state index in [1.807, 2.05) is 19.1 Å². The molecule has 0 aliphatic carbocycles. The molecule has 6 nitrogen and oxygen atoms in total. The number of pyridine rings is 1. The van der Waals surface area contributed by atoms with Crippen LogP contribution in [0.25, 0.3) is 0 Å². The Morgan fingerprint density at radius 2 is 2.17 bits per heavy atom. The van der Waals surface area contributed by atoms with Gasteiger partial charge in [-0.05, 0) is 12.5 Å². The SMILES string of the molecule is CCCn1ccn(Cc2cccnc2NN)c1=O. The Kier molecular flexibility index (Phi) is 3.78. The summed E-state index contributed by atoms with van der Waals surface area (Å²) in [5.41, 5.74) is 3.41. The van der Waals surface area contributed by atoms with Crippen LogP contribution in [0, 0.1) is 0 Å². The molecule has 18 heavy (non-hydrogen) atoms. The number of anilines is 1. The highest BCUT2D eigenvalue weighted by atomic mass is 16.1. The van der Waals surface area contributed by atoms with E-state index in [-0.39, 0.29) is 5.69 Å². The van der Waals surface area contributed by atoms with Crippen molar-refractivity contribution in [3.8, 4) is 0 Å². The highest BCUT2D eigenvalue weighted by Gasteiger charge is 2.06. The summed E-state index contributed by atoms with van der Waals surface area (Å²) in [5, 5.41) is 0. The molecule has 6 heteroatoms. The van der Waals surface area contributed by atoms with Crippen LogP contribution >= 0.6 is 0 Å². The quantitative estimate of drug-likeness (QED) is 0.605. The molecule has 0 bridgehead atoms. The van der Waals surface area contributed by atoms with Crippen molar-refractivity contribution < 1.29 is 0 Å². The zero-order chi connectivity index (χ0) is 13.0. The molecule has 0 fully saturated rings. The molecule has 0 aliphatic rings. The minimum atomic E-state index is -0.0105. The summed E-state index contributed by atoms with van der Waals surface area (Å²) in [6.07, 6.45) is 6.18. The molecule has 0 spiro atoms. The molecule has 0 atom stereocenters. The number of aryl methyl sites for hydroxylation is 1. The van der Waals surface area contributed by atoms with Crippen molar-refractivity contribution in [1.29, 1.82) is 0 Å². The highest BCUT2D eigenvalue weighted by Crippen LogP contribution is 2.10. The lowest BCUT2D eigenvalue weighted by molar-refractivity contribution is 0.624. The van der Waals surface area contributed by atoms with E-state index in [1.165, 1.54) is 0 Å². The number of hydrogen-bond acceptors (Lipinski definition) is 4. The van der Waals surface area contributed by atoms with Gasteiger partial charge in [-0.3, -0.25) is 9.13 Å². The van der Waals surface area contributed by atoms with Gasteiger partial charge in [0.15, 0.2) is 0 Å². The fourth-order valence-corrected chi connectivity index (χ4v) is 1.86. The first-order valence-corrected chi connectivity index (χ1v) is 5.92. The van der Waals surface area contributed by atoms with Crippen molar-refractivity contribution in [3.05, 3.63) is 46.8 Å². The van der Waals surface area contributed by atoms with E-state index < -0.39 is 0 Å². The normalized spacial score (nSPS) is 10.6. The molecule has 2 aromatic rings. The molecule has 0 aliphatic heterocycles. The molecule has 96 valence electrons. The van der Waals surface area contributed by atoms with E-state index in [9.17, 15) is 4.79 Å². The first kappa shape index (κ1) is 12.4. The first-order chi connectivity index (χ1) is 8.76. The minimum Gasteiger partial charge on any atom is -0.308 e. The van der Waals surface area contributed by atoms with Gasteiger partial charge in [0.25, 0.3) is 0 Å². The maximum Gasteiger partial charge on any atom is 0.328 e. The number of hydrazine groups is 1. The van der Waals surface area contributed by atoms with Crippen LogP contribution in [0.3, 0.4) is 0 Å². The number of nitrogen functional groups attached to an aromatic ring is 1. The standard InChI is InChI=1S/C12H17N5O/c1-2-6-16-7-8-17(12(16)18)9-10-4-3-5-14-11(10)15-13/h3-5,7-8H,2,6,9,13H2,1H3,(H,14,15). The second-order valence-electron chi connectivity index (χ2n) is 4.06. The number of nitrogens with two attached hydrogens (primary N) is 1. The number of nitrogens with zero attached hydrogens (tertiary/aromatic N) is 3. The summed E-state index contributed by atoms with van der Waals surface area (Å²) in [6, 6.07) is 3.72. The number of aromatic nitrogens is 3. The largest absolute Gasteiger partial charge is 0.328 e. The molecule has 0 saturated carbocycles. The van der Waals surface area contributed by atoms with Crippen LogP contribution < -0.4 is 17.0 Å². The van der Waals surface area contributed by atoms with Crippen molar-refractivity contribution in [1.82, 2.24) is 14.1 Å². The number of imidazole rings is 1. The van der Waals surface area contributed by atoms with Crippen LogP contribution in [0.4, 0.5) is 5.82 Å². The Hall–Kier alpha value is -2.08. The Morgan fingerprint density at radius 1 is 1.39 bits per heavy atom. The summed E-state index contributed by atoms with van der Waals surface area (Å²) in [4.78, 5) is 16.1. The summed E-state index contributed by atoms with van der Waals surface area (Å²) in [5.74, 6) is 5.98. The summed E-state index contributed by atoms with van der Waals surface area (Å²) < 4.78 is 3.35. The van der Waals surface area contributed by atoms with Crippen molar-refractivity contribution in [2.45, 2.75) is 26.4 Å². The van der Waals surface area contributed by atoms with E-state index in [0.29, 0.717) is 12.4 Å². The van der Waals surface area contributed by atoms with Gasteiger partial charge in [-0.25, -0.2) is 15.6 Å². The monoisotopic (exact) mass is 247 g/mol. The lowest BCUT2D eigenvalue weighted by atomic mass is 10.2. The van der Waals surface area contributed by atoms with Gasteiger partial charge in [0.1, 0.15) is 5.82 Å². The average Bonchev–Trinajstić information content (AvgIpc) is 2.73. The van der Waals surface area contributed by atoms with Crippen molar-refractivity contribution in [2.75, 3.05) is 5.43 Å². The molecule has 0 aromatic carbocycles. The molecule has 2 aromatic heterocycles.